The molecule has 0 unspecified atom stereocenters. The third kappa shape index (κ3) is 3.38. The van der Waals surface area contributed by atoms with Crippen LogP contribution in [0.1, 0.15) is 37.0 Å². The van der Waals surface area contributed by atoms with Gasteiger partial charge in [-0.1, -0.05) is 0 Å². The predicted molar refractivity (Wildman–Crippen MR) is 103 cm³/mol. The SMILES string of the molecule is CC(C)Oc1ccc2nccc(C(=O)NCC(=O)N3[C@H](C#N)C[C@@H]4C[C@@H]43)c2c1. The van der Waals surface area contributed by atoms with Gasteiger partial charge in [-0.05, 0) is 56.9 Å². The van der Waals surface area contributed by atoms with Gasteiger partial charge in [0.1, 0.15) is 11.8 Å². The molecule has 2 aliphatic rings. The van der Waals surface area contributed by atoms with Gasteiger partial charge in [0.05, 0.1) is 29.8 Å². The Morgan fingerprint density at radius 1 is 1.36 bits per heavy atom. The number of likely N-dealkylation sites (tertiary alicyclic amines) is 1. The van der Waals surface area contributed by atoms with Crippen LogP contribution in [0.4, 0.5) is 0 Å². The molecule has 2 heterocycles. The van der Waals surface area contributed by atoms with Gasteiger partial charge in [-0.3, -0.25) is 14.6 Å². The Hall–Kier alpha value is -3.14. The van der Waals surface area contributed by atoms with Crippen molar-refractivity contribution < 1.29 is 14.3 Å². The van der Waals surface area contributed by atoms with Gasteiger partial charge in [0.25, 0.3) is 5.91 Å². The fourth-order valence-corrected chi connectivity index (χ4v) is 3.94. The normalized spacial score (nSPS) is 22.6. The van der Waals surface area contributed by atoms with Crippen molar-refractivity contribution in [1.29, 1.82) is 5.26 Å². The summed E-state index contributed by atoms with van der Waals surface area (Å²) in [6, 6.07) is 9.05. The standard InChI is InChI=1S/C21H22N4O3/c1-12(2)28-15-3-4-18-17(9-15)16(5-6-23-18)21(27)24-11-20(26)25-14(10-22)7-13-8-19(13)25/h3-6,9,12-14,19H,7-8,11H2,1-2H3,(H,24,27)/t13-,14+,19+/m1/s1. The maximum absolute atomic E-state index is 12.7. The number of hydrogen-bond donors (Lipinski definition) is 1. The quantitative estimate of drug-likeness (QED) is 0.861. The summed E-state index contributed by atoms with van der Waals surface area (Å²) in [7, 11) is 0. The summed E-state index contributed by atoms with van der Waals surface area (Å²) in [4.78, 5) is 31.2. The van der Waals surface area contributed by atoms with Crippen LogP contribution in [0, 0.1) is 17.2 Å². The second kappa shape index (κ2) is 7.12. The van der Waals surface area contributed by atoms with Crippen LogP contribution in [-0.4, -0.2) is 46.4 Å². The molecule has 0 spiro atoms. The highest BCUT2D eigenvalue weighted by molar-refractivity contribution is 6.07. The first-order chi connectivity index (χ1) is 13.5. The van der Waals surface area contributed by atoms with Crippen molar-refractivity contribution in [1.82, 2.24) is 15.2 Å². The summed E-state index contributed by atoms with van der Waals surface area (Å²) in [6.07, 6.45) is 3.30. The molecule has 2 amide bonds. The fraction of sp³-hybridized carbons (Fsp3) is 0.429. The lowest BCUT2D eigenvalue weighted by Crippen LogP contribution is -2.44. The average molecular weight is 378 g/mol. The second-order valence-electron chi connectivity index (χ2n) is 7.63. The van der Waals surface area contributed by atoms with Crippen LogP contribution in [0.2, 0.25) is 0 Å². The summed E-state index contributed by atoms with van der Waals surface area (Å²) in [5, 5.41) is 12.6. The molecule has 1 aromatic carbocycles. The Bertz CT molecular complexity index is 981. The molecule has 0 radical (unpaired) electrons. The molecular formula is C21H22N4O3. The minimum absolute atomic E-state index is 0.0174. The molecule has 2 aromatic rings. The second-order valence-corrected chi connectivity index (χ2v) is 7.63. The Labute approximate surface area is 163 Å². The molecule has 7 heteroatoms. The number of rotatable bonds is 5. The number of nitriles is 1. The van der Waals surface area contributed by atoms with E-state index in [1.165, 1.54) is 0 Å². The van der Waals surface area contributed by atoms with E-state index >= 15 is 0 Å². The number of nitrogens with zero attached hydrogens (tertiary/aromatic N) is 3. The predicted octanol–water partition coefficient (Wildman–Crippen LogP) is 2.26. The number of nitrogens with one attached hydrogen (secondary N) is 1. The lowest BCUT2D eigenvalue weighted by atomic mass is 10.1. The largest absolute Gasteiger partial charge is 0.491 e. The Morgan fingerprint density at radius 3 is 2.93 bits per heavy atom. The number of fused-ring (bicyclic) bond motifs is 2. The van der Waals surface area contributed by atoms with Gasteiger partial charge in [0, 0.05) is 17.6 Å². The van der Waals surface area contributed by atoms with Crippen LogP contribution in [-0.2, 0) is 4.79 Å². The van der Waals surface area contributed by atoms with Crippen LogP contribution in [0.15, 0.2) is 30.5 Å². The molecule has 1 saturated heterocycles. The molecular weight excluding hydrogens is 356 g/mol. The van der Waals surface area contributed by atoms with E-state index < -0.39 is 0 Å². The van der Waals surface area contributed by atoms with Crippen LogP contribution in [0.5, 0.6) is 5.75 Å². The number of benzene rings is 1. The van der Waals surface area contributed by atoms with Gasteiger partial charge in [-0.15, -0.1) is 0 Å². The van der Waals surface area contributed by atoms with Crippen LogP contribution >= 0.6 is 0 Å². The first kappa shape index (κ1) is 18.2. The first-order valence-corrected chi connectivity index (χ1v) is 9.52. The molecule has 1 aromatic heterocycles. The number of pyridine rings is 1. The zero-order valence-corrected chi connectivity index (χ0v) is 15.9. The van der Waals surface area contributed by atoms with E-state index in [1.807, 2.05) is 26.0 Å². The van der Waals surface area contributed by atoms with E-state index in [-0.39, 0.29) is 36.5 Å². The number of amides is 2. The van der Waals surface area contributed by atoms with Crippen molar-refractivity contribution in [2.45, 2.75) is 44.9 Å². The molecule has 0 bridgehead atoms. The smallest absolute Gasteiger partial charge is 0.252 e. The number of carbonyl (C=O) groups is 2. The highest BCUT2D eigenvalue weighted by atomic mass is 16.5. The van der Waals surface area contributed by atoms with E-state index in [9.17, 15) is 14.9 Å². The minimum atomic E-state index is -0.370. The topological polar surface area (TPSA) is 95.3 Å². The third-order valence-corrected chi connectivity index (χ3v) is 5.27. The van der Waals surface area contributed by atoms with E-state index in [2.05, 4.69) is 16.4 Å². The Kier molecular flexibility index (Phi) is 4.63. The van der Waals surface area contributed by atoms with Gasteiger partial charge in [-0.2, -0.15) is 5.26 Å². The molecule has 1 saturated carbocycles. The number of carbonyl (C=O) groups excluding carboxylic acids is 2. The third-order valence-electron chi connectivity index (χ3n) is 5.27. The summed E-state index contributed by atoms with van der Waals surface area (Å²) in [6.45, 7) is 3.75. The monoisotopic (exact) mass is 378 g/mol. The summed E-state index contributed by atoms with van der Waals surface area (Å²) >= 11 is 0. The van der Waals surface area contributed by atoms with E-state index in [0.29, 0.717) is 28.1 Å². The molecule has 1 N–H and O–H groups in total. The van der Waals surface area contributed by atoms with Crippen molar-refractivity contribution in [3.63, 3.8) is 0 Å². The summed E-state index contributed by atoms with van der Waals surface area (Å²) in [5.41, 5.74) is 1.12. The van der Waals surface area contributed by atoms with Gasteiger partial charge in [0.15, 0.2) is 0 Å². The molecule has 1 aliphatic heterocycles. The number of piperidine rings is 1. The van der Waals surface area contributed by atoms with Crippen molar-refractivity contribution in [3.8, 4) is 11.8 Å². The molecule has 3 atom stereocenters. The molecule has 2 fully saturated rings. The van der Waals surface area contributed by atoms with Crippen molar-refractivity contribution in [2.24, 2.45) is 5.92 Å². The van der Waals surface area contributed by atoms with Gasteiger partial charge >= 0.3 is 0 Å². The zero-order valence-electron chi connectivity index (χ0n) is 15.9. The number of hydrogen-bond acceptors (Lipinski definition) is 5. The Balaban J connectivity index is 1.49. The minimum Gasteiger partial charge on any atom is -0.491 e. The van der Waals surface area contributed by atoms with Crippen molar-refractivity contribution >= 4 is 22.7 Å². The lowest BCUT2D eigenvalue weighted by Gasteiger charge is -2.22. The van der Waals surface area contributed by atoms with Gasteiger partial charge in [0.2, 0.25) is 5.91 Å². The zero-order chi connectivity index (χ0) is 19.8. The first-order valence-electron chi connectivity index (χ1n) is 9.52. The summed E-state index contributed by atoms with van der Waals surface area (Å²) in [5.74, 6) is 0.566. The maximum Gasteiger partial charge on any atom is 0.252 e. The van der Waals surface area contributed by atoms with Crippen molar-refractivity contribution in [2.75, 3.05) is 6.54 Å². The molecule has 144 valence electrons. The van der Waals surface area contributed by atoms with E-state index in [4.69, 9.17) is 4.74 Å². The molecule has 28 heavy (non-hydrogen) atoms. The average Bonchev–Trinajstić information content (AvgIpc) is 3.34. The van der Waals surface area contributed by atoms with Gasteiger partial charge in [-0.25, -0.2) is 0 Å². The van der Waals surface area contributed by atoms with Crippen LogP contribution < -0.4 is 10.1 Å². The molecule has 4 rings (SSSR count). The highest BCUT2D eigenvalue weighted by Gasteiger charge is 2.53. The number of ether oxygens (including phenoxy) is 1. The van der Waals surface area contributed by atoms with Crippen LogP contribution in [0.3, 0.4) is 0 Å². The van der Waals surface area contributed by atoms with Crippen molar-refractivity contribution in [3.05, 3.63) is 36.0 Å². The van der Waals surface area contributed by atoms with E-state index in [0.717, 1.165) is 12.8 Å². The maximum atomic E-state index is 12.7. The molecule has 1 aliphatic carbocycles. The highest BCUT2D eigenvalue weighted by Crippen LogP contribution is 2.47. The van der Waals surface area contributed by atoms with E-state index in [1.54, 1.807) is 23.2 Å². The Morgan fingerprint density at radius 2 is 2.18 bits per heavy atom. The number of aromatic nitrogens is 1. The lowest BCUT2D eigenvalue weighted by molar-refractivity contribution is -0.131. The fourth-order valence-electron chi connectivity index (χ4n) is 3.94. The van der Waals surface area contributed by atoms with Gasteiger partial charge < -0.3 is 15.0 Å². The van der Waals surface area contributed by atoms with Crippen LogP contribution in [0.25, 0.3) is 10.9 Å². The molecule has 7 nitrogen and oxygen atoms in total. The summed E-state index contributed by atoms with van der Waals surface area (Å²) < 4.78 is 5.71.